The molecular formula is C16H20N2O2S. The van der Waals surface area contributed by atoms with Crippen molar-refractivity contribution in [2.45, 2.75) is 30.2 Å². The summed E-state index contributed by atoms with van der Waals surface area (Å²) >= 11 is 0. The lowest BCUT2D eigenvalue weighted by molar-refractivity contribution is 0.258. The first-order valence-electron chi connectivity index (χ1n) is 7.34. The predicted molar refractivity (Wildman–Crippen MR) is 84.5 cm³/mol. The molecule has 1 aliphatic rings. The summed E-state index contributed by atoms with van der Waals surface area (Å²) in [6.07, 6.45) is 2.80. The molecule has 112 valence electrons. The Morgan fingerprint density at radius 2 is 1.86 bits per heavy atom. The first-order valence-corrected chi connectivity index (χ1v) is 8.78. The molecule has 2 aromatic rings. The zero-order valence-electron chi connectivity index (χ0n) is 11.9. The van der Waals surface area contributed by atoms with E-state index in [1.165, 1.54) is 0 Å². The highest BCUT2D eigenvalue weighted by Gasteiger charge is 2.33. The van der Waals surface area contributed by atoms with E-state index in [1.807, 2.05) is 30.3 Å². The van der Waals surface area contributed by atoms with Crippen molar-refractivity contribution in [3.05, 3.63) is 42.5 Å². The summed E-state index contributed by atoms with van der Waals surface area (Å²) in [6, 6.07) is 12.9. The molecule has 0 aromatic heterocycles. The minimum absolute atomic E-state index is 0.0808. The van der Waals surface area contributed by atoms with Crippen LogP contribution in [-0.2, 0) is 10.0 Å². The van der Waals surface area contributed by atoms with Gasteiger partial charge < -0.3 is 5.73 Å². The van der Waals surface area contributed by atoms with Crippen LogP contribution in [-0.4, -0.2) is 31.9 Å². The summed E-state index contributed by atoms with van der Waals surface area (Å²) in [5.74, 6) is 0. The van der Waals surface area contributed by atoms with E-state index >= 15 is 0 Å². The molecule has 1 atom stereocenters. The van der Waals surface area contributed by atoms with E-state index in [0.717, 1.165) is 30.0 Å². The molecule has 2 aromatic carbocycles. The Hall–Kier alpha value is -1.43. The average molecular weight is 304 g/mol. The van der Waals surface area contributed by atoms with Gasteiger partial charge in [0.1, 0.15) is 0 Å². The molecule has 5 heteroatoms. The van der Waals surface area contributed by atoms with Crippen molar-refractivity contribution in [1.29, 1.82) is 0 Å². The number of nitrogens with two attached hydrogens (primary N) is 1. The van der Waals surface area contributed by atoms with Crippen LogP contribution in [0.3, 0.4) is 0 Å². The van der Waals surface area contributed by atoms with E-state index in [9.17, 15) is 8.42 Å². The molecule has 1 heterocycles. The van der Waals surface area contributed by atoms with Gasteiger partial charge in [0.05, 0.1) is 4.90 Å². The van der Waals surface area contributed by atoms with Gasteiger partial charge in [-0.15, -0.1) is 0 Å². The Morgan fingerprint density at radius 1 is 1.10 bits per heavy atom. The van der Waals surface area contributed by atoms with Crippen LogP contribution >= 0.6 is 0 Å². The summed E-state index contributed by atoms with van der Waals surface area (Å²) < 4.78 is 27.7. The van der Waals surface area contributed by atoms with E-state index in [1.54, 1.807) is 16.4 Å². The number of hydrogen-bond donors (Lipinski definition) is 1. The largest absolute Gasteiger partial charge is 0.329 e. The number of sulfonamides is 1. The molecule has 0 radical (unpaired) electrons. The molecule has 0 amide bonds. The molecule has 2 N–H and O–H groups in total. The minimum atomic E-state index is -3.50. The van der Waals surface area contributed by atoms with Crippen molar-refractivity contribution in [3.63, 3.8) is 0 Å². The maximum absolute atomic E-state index is 13.0. The van der Waals surface area contributed by atoms with Crippen molar-refractivity contribution in [3.8, 4) is 0 Å². The molecule has 3 rings (SSSR count). The van der Waals surface area contributed by atoms with Crippen LogP contribution in [0.1, 0.15) is 19.3 Å². The lowest BCUT2D eigenvalue weighted by Gasteiger charge is -2.34. The molecule has 1 unspecified atom stereocenters. The number of fused-ring (bicyclic) bond motifs is 1. The molecule has 0 bridgehead atoms. The first kappa shape index (κ1) is 14.5. The Kier molecular flexibility index (Phi) is 3.97. The van der Waals surface area contributed by atoms with Crippen LogP contribution in [0.5, 0.6) is 0 Å². The quantitative estimate of drug-likeness (QED) is 0.946. The van der Waals surface area contributed by atoms with Crippen LogP contribution in [0.2, 0.25) is 0 Å². The smallest absolute Gasteiger partial charge is 0.243 e. The highest BCUT2D eigenvalue weighted by Crippen LogP contribution is 2.29. The maximum atomic E-state index is 13.0. The van der Waals surface area contributed by atoms with Crippen LogP contribution in [0, 0.1) is 0 Å². The Bertz CT molecular complexity index is 738. The van der Waals surface area contributed by atoms with E-state index in [4.69, 9.17) is 5.73 Å². The number of piperidine rings is 1. The molecule has 1 aliphatic heterocycles. The Balaban J connectivity index is 2.12. The lowest BCUT2D eigenvalue weighted by atomic mass is 10.1. The van der Waals surface area contributed by atoms with E-state index in [0.29, 0.717) is 18.0 Å². The molecule has 0 spiro atoms. The number of hydrogen-bond acceptors (Lipinski definition) is 3. The van der Waals surface area contributed by atoms with Crippen LogP contribution in [0.25, 0.3) is 10.8 Å². The summed E-state index contributed by atoms with van der Waals surface area (Å²) in [4.78, 5) is 0.390. The van der Waals surface area contributed by atoms with Gasteiger partial charge >= 0.3 is 0 Å². The summed E-state index contributed by atoms with van der Waals surface area (Å²) in [7, 11) is -3.50. The molecule has 4 nitrogen and oxygen atoms in total. The van der Waals surface area contributed by atoms with Crippen LogP contribution in [0.15, 0.2) is 47.4 Å². The monoisotopic (exact) mass is 304 g/mol. The Morgan fingerprint density at radius 3 is 2.67 bits per heavy atom. The van der Waals surface area contributed by atoms with Gasteiger partial charge in [0.25, 0.3) is 0 Å². The zero-order valence-corrected chi connectivity index (χ0v) is 12.7. The highest BCUT2D eigenvalue weighted by atomic mass is 32.2. The molecule has 1 saturated heterocycles. The molecule has 0 saturated carbocycles. The van der Waals surface area contributed by atoms with Crippen molar-refractivity contribution < 1.29 is 8.42 Å². The van der Waals surface area contributed by atoms with Crippen molar-refractivity contribution in [2.75, 3.05) is 13.1 Å². The van der Waals surface area contributed by atoms with Gasteiger partial charge in [0.2, 0.25) is 10.0 Å². The third kappa shape index (κ3) is 2.57. The fourth-order valence-corrected chi connectivity index (χ4v) is 4.99. The van der Waals surface area contributed by atoms with E-state index in [2.05, 4.69) is 0 Å². The zero-order chi connectivity index (χ0) is 14.9. The van der Waals surface area contributed by atoms with Gasteiger partial charge in [-0.1, -0.05) is 42.8 Å². The van der Waals surface area contributed by atoms with Crippen molar-refractivity contribution in [2.24, 2.45) is 5.73 Å². The summed E-state index contributed by atoms with van der Waals surface area (Å²) in [6.45, 7) is 0.942. The normalized spacial score (nSPS) is 20.7. The molecule has 0 aliphatic carbocycles. The van der Waals surface area contributed by atoms with E-state index < -0.39 is 10.0 Å². The maximum Gasteiger partial charge on any atom is 0.243 e. The number of rotatable bonds is 3. The lowest BCUT2D eigenvalue weighted by Crippen LogP contribution is -2.47. The standard InChI is InChI=1S/C16H20N2O2S/c17-12-14-8-3-4-11-18(14)21(19,20)16-10-5-7-13-6-1-2-9-15(13)16/h1-2,5-7,9-10,14H,3-4,8,11-12,17H2. The third-order valence-electron chi connectivity index (χ3n) is 4.18. The van der Waals surface area contributed by atoms with Crippen molar-refractivity contribution >= 4 is 20.8 Å². The predicted octanol–water partition coefficient (Wildman–Crippen LogP) is 2.34. The summed E-state index contributed by atoms with van der Waals surface area (Å²) in [5, 5.41) is 1.72. The van der Waals surface area contributed by atoms with Gasteiger partial charge in [-0.05, 0) is 24.3 Å². The number of nitrogens with zero attached hydrogens (tertiary/aromatic N) is 1. The van der Waals surface area contributed by atoms with Crippen molar-refractivity contribution in [1.82, 2.24) is 4.31 Å². The van der Waals surface area contributed by atoms with Gasteiger partial charge in [-0.25, -0.2) is 8.42 Å². The van der Waals surface area contributed by atoms with Gasteiger partial charge in [0, 0.05) is 24.5 Å². The highest BCUT2D eigenvalue weighted by molar-refractivity contribution is 7.89. The second-order valence-corrected chi connectivity index (χ2v) is 7.34. The second kappa shape index (κ2) is 5.75. The first-order chi connectivity index (χ1) is 10.1. The fraction of sp³-hybridized carbons (Fsp3) is 0.375. The Labute approximate surface area is 125 Å². The van der Waals surface area contributed by atoms with Crippen LogP contribution in [0.4, 0.5) is 0 Å². The molecule has 1 fully saturated rings. The summed E-state index contributed by atoms with van der Waals surface area (Å²) in [5.41, 5.74) is 5.77. The molecular weight excluding hydrogens is 284 g/mol. The number of benzene rings is 2. The average Bonchev–Trinajstić information content (AvgIpc) is 2.54. The third-order valence-corrected chi connectivity index (χ3v) is 6.19. The van der Waals surface area contributed by atoms with Gasteiger partial charge in [0.15, 0.2) is 0 Å². The topological polar surface area (TPSA) is 63.4 Å². The second-order valence-electron chi connectivity index (χ2n) is 5.48. The van der Waals surface area contributed by atoms with Crippen LogP contribution < -0.4 is 5.73 Å². The van der Waals surface area contributed by atoms with Gasteiger partial charge in [-0.2, -0.15) is 4.31 Å². The fourth-order valence-electron chi connectivity index (χ4n) is 3.07. The van der Waals surface area contributed by atoms with E-state index in [-0.39, 0.29) is 6.04 Å². The van der Waals surface area contributed by atoms with Gasteiger partial charge in [-0.3, -0.25) is 0 Å². The minimum Gasteiger partial charge on any atom is -0.329 e. The SMILES string of the molecule is NCC1CCCCN1S(=O)(=O)c1cccc2ccccc12. The molecule has 21 heavy (non-hydrogen) atoms.